The molecule has 7 rings (SSSR count). The largest absolute Gasteiger partial charge is 0.494 e. The number of unbranched alkanes of at least 4 members (excludes halogenated alkanes) is 5. The topological polar surface area (TPSA) is 47.6 Å². The maximum Gasteiger partial charge on any atom is 0.230 e. The van der Waals surface area contributed by atoms with Crippen LogP contribution in [0.4, 0.5) is 5.69 Å². The number of carbonyl (C=O) groups excluding carboxylic acids is 1. The van der Waals surface area contributed by atoms with Gasteiger partial charge in [-0.25, -0.2) is 0 Å². The second-order valence-corrected chi connectivity index (χ2v) is 15.8. The average molecular weight is 800 g/mol. The van der Waals surface area contributed by atoms with Gasteiger partial charge in [-0.2, -0.15) is 0 Å². The number of benzene rings is 7. The number of carbonyl (C=O) groups is 1. The Morgan fingerprint density at radius 3 is 1.92 bits per heavy atom. The Labute approximate surface area is 366 Å². The number of amides is 1. The minimum absolute atomic E-state index is 0. The van der Waals surface area contributed by atoms with Gasteiger partial charge in [0.1, 0.15) is 17.6 Å². The smallest absolute Gasteiger partial charge is 0.230 e. The fourth-order valence-corrected chi connectivity index (χ4v) is 7.56. The van der Waals surface area contributed by atoms with Crippen molar-refractivity contribution in [2.75, 3.05) is 11.9 Å². The van der Waals surface area contributed by atoms with Gasteiger partial charge in [-0.05, 0) is 151 Å². The highest BCUT2D eigenvalue weighted by Gasteiger charge is 2.25. The van der Waals surface area contributed by atoms with E-state index in [1.807, 2.05) is 39.0 Å². The van der Waals surface area contributed by atoms with Crippen molar-refractivity contribution < 1.29 is 25.7 Å². The number of nitrogens with one attached hydrogen (secondary N) is 1. The Bertz CT molecular complexity index is 3000. The highest BCUT2D eigenvalue weighted by atomic mass is 16.5. The predicted molar refractivity (Wildman–Crippen MR) is 269 cm³/mol. The zero-order chi connectivity index (χ0) is 41.9. The summed E-state index contributed by atoms with van der Waals surface area (Å²) in [6.45, 7) is 8.89. The summed E-state index contributed by atoms with van der Waals surface area (Å²) in [6, 6.07) is 40.4. The van der Waals surface area contributed by atoms with Crippen LogP contribution < -0.4 is 14.8 Å². The molecule has 7 aromatic carbocycles. The van der Waals surface area contributed by atoms with Crippen molar-refractivity contribution in [3.63, 3.8) is 0 Å². The van der Waals surface area contributed by atoms with Gasteiger partial charge < -0.3 is 14.8 Å². The quantitative estimate of drug-likeness (QED) is 0.0677. The summed E-state index contributed by atoms with van der Waals surface area (Å²) in [5.74, 6) is 16.7. The number of rotatable bonds is 14. The number of hydrogen-bond acceptors (Lipinski definition) is 3. The molecular weight excluding hydrogens is 735 g/mol. The van der Waals surface area contributed by atoms with Crippen LogP contribution in [-0.4, -0.2) is 12.5 Å². The zero-order valence-electron chi connectivity index (χ0n) is 34.9. The molecule has 0 saturated heterocycles. The summed E-state index contributed by atoms with van der Waals surface area (Å²) in [5, 5.41) is 11.8. The molecule has 1 amide bonds. The van der Waals surface area contributed by atoms with Gasteiger partial charge in [-0.15, -0.1) is 6.42 Å². The number of ether oxygens (including phenoxy) is 2. The van der Waals surface area contributed by atoms with Crippen LogP contribution in [0.3, 0.4) is 0 Å². The van der Waals surface area contributed by atoms with Crippen molar-refractivity contribution in [2.45, 2.75) is 72.6 Å². The summed E-state index contributed by atoms with van der Waals surface area (Å²) < 4.78 is 12.4. The molecule has 4 nitrogen and oxygen atoms in total. The predicted octanol–water partition coefficient (Wildman–Crippen LogP) is 15.7. The minimum atomic E-state index is -0.461. The minimum Gasteiger partial charge on any atom is -0.494 e. The SMILES string of the molecule is C#CC#CC#CC#COc1ccc2c(-c3ccc4ccccc4c3)c3cc(OCCCCCCCC)ccc3c(-c3ccc4cc(NC(=O)C(C)(C)CC)ccc4c3)c2c1.[HH].[HH].[HH].[HH].[HH].[HH].[HH].[HH]. The van der Waals surface area contributed by atoms with Crippen LogP contribution in [0.1, 0.15) is 84.1 Å². The van der Waals surface area contributed by atoms with Crippen LogP contribution >= 0.6 is 0 Å². The van der Waals surface area contributed by atoms with Crippen LogP contribution in [-0.2, 0) is 4.79 Å². The molecule has 0 fully saturated rings. The van der Waals surface area contributed by atoms with Gasteiger partial charge in [0.2, 0.25) is 5.91 Å². The first-order chi connectivity index (χ1) is 29.3. The third kappa shape index (κ3) is 9.43. The lowest BCUT2D eigenvalue weighted by molar-refractivity contribution is -0.124. The Morgan fingerprint density at radius 1 is 0.617 bits per heavy atom. The summed E-state index contributed by atoms with van der Waals surface area (Å²) in [5.41, 5.74) is 4.66. The van der Waals surface area contributed by atoms with Gasteiger partial charge >= 0.3 is 0 Å². The van der Waals surface area contributed by atoms with E-state index in [4.69, 9.17) is 15.9 Å². The molecule has 4 heteroatoms. The van der Waals surface area contributed by atoms with Gasteiger partial charge in [0.05, 0.1) is 6.61 Å². The summed E-state index contributed by atoms with van der Waals surface area (Å²) in [4.78, 5) is 13.0. The molecule has 0 aliphatic heterocycles. The van der Waals surface area contributed by atoms with E-state index in [1.54, 1.807) is 0 Å². The third-order valence-corrected chi connectivity index (χ3v) is 11.3. The molecule has 0 atom stereocenters. The molecule has 0 aliphatic carbocycles. The van der Waals surface area contributed by atoms with Gasteiger partial charge in [0.25, 0.3) is 0 Å². The molecule has 0 heterocycles. The van der Waals surface area contributed by atoms with E-state index < -0.39 is 5.41 Å². The van der Waals surface area contributed by atoms with Crippen molar-refractivity contribution in [2.24, 2.45) is 5.41 Å². The molecule has 0 aliphatic rings. The van der Waals surface area contributed by atoms with Crippen LogP contribution in [0.5, 0.6) is 11.5 Å². The van der Waals surface area contributed by atoms with Crippen LogP contribution in [0.25, 0.3) is 65.3 Å². The Balaban J connectivity index is 0. The maximum absolute atomic E-state index is 13.0. The van der Waals surface area contributed by atoms with Gasteiger partial charge in [-0.3, -0.25) is 4.79 Å². The number of fused-ring (bicyclic) bond motifs is 4. The first kappa shape index (κ1) is 41.1. The average Bonchev–Trinajstić information content (AvgIpc) is 3.27. The second-order valence-electron chi connectivity index (χ2n) is 15.8. The van der Waals surface area contributed by atoms with E-state index in [2.05, 4.69) is 151 Å². The summed E-state index contributed by atoms with van der Waals surface area (Å²) >= 11 is 0. The summed E-state index contributed by atoms with van der Waals surface area (Å²) in [6.07, 6.45) is 15.9. The van der Waals surface area contributed by atoms with E-state index in [0.29, 0.717) is 12.4 Å². The molecule has 0 spiro atoms. The molecule has 0 aromatic heterocycles. The first-order valence-corrected chi connectivity index (χ1v) is 20.9. The highest BCUT2D eigenvalue weighted by Crippen LogP contribution is 2.46. The van der Waals surface area contributed by atoms with Crippen LogP contribution in [0.15, 0.2) is 115 Å². The van der Waals surface area contributed by atoms with Crippen molar-refractivity contribution in [1.82, 2.24) is 0 Å². The zero-order valence-corrected chi connectivity index (χ0v) is 34.9. The molecule has 1 N–H and O–H groups in total. The molecule has 0 saturated carbocycles. The molecule has 7 aromatic rings. The molecular formula is C56H65NO3. The van der Waals surface area contributed by atoms with Crippen LogP contribution in [0, 0.1) is 53.5 Å². The molecule has 0 unspecified atom stereocenters. The Hall–Kier alpha value is -7.11. The number of anilines is 1. The van der Waals surface area contributed by atoms with Crippen molar-refractivity contribution in [1.29, 1.82) is 0 Å². The van der Waals surface area contributed by atoms with Crippen molar-refractivity contribution in [3.05, 3.63) is 115 Å². The fourth-order valence-electron chi connectivity index (χ4n) is 7.56. The number of terminal acetylenes is 1. The van der Waals surface area contributed by atoms with E-state index in [-0.39, 0.29) is 17.3 Å². The first-order valence-electron chi connectivity index (χ1n) is 20.9. The molecule has 312 valence electrons. The summed E-state index contributed by atoms with van der Waals surface area (Å²) in [7, 11) is 0. The van der Waals surface area contributed by atoms with Crippen molar-refractivity contribution >= 4 is 54.7 Å². The van der Waals surface area contributed by atoms with Gasteiger partial charge in [0.15, 0.2) is 0 Å². The third-order valence-electron chi connectivity index (χ3n) is 11.3. The van der Waals surface area contributed by atoms with E-state index in [0.717, 1.165) is 78.8 Å². The van der Waals surface area contributed by atoms with Gasteiger partial charge in [0, 0.05) is 40.3 Å². The molecule has 60 heavy (non-hydrogen) atoms. The monoisotopic (exact) mass is 799 g/mol. The molecule has 0 radical (unpaired) electrons. The van der Waals surface area contributed by atoms with E-state index in [9.17, 15) is 4.79 Å². The van der Waals surface area contributed by atoms with Crippen LogP contribution in [0.2, 0.25) is 0 Å². The van der Waals surface area contributed by atoms with E-state index >= 15 is 0 Å². The van der Waals surface area contributed by atoms with Gasteiger partial charge in [-0.1, -0.05) is 120 Å². The Kier molecular flexibility index (Phi) is 13.1. The Morgan fingerprint density at radius 2 is 1.20 bits per heavy atom. The lowest BCUT2D eigenvalue weighted by Crippen LogP contribution is -2.29. The maximum atomic E-state index is 13.0. The molecule has 0 bridgehead atoms. The standard InChI is InChI=1S/C56H49NO3.8H2/c1-6-9-11-13-15-19-33-59-47-30-32-50-51(38-47)53(44-25-23-40-21-17-18-22-41(40)35-44)49-31-29-48(60-34-20-16-14-12-10-7-2)39-52(49)54(50)45-26-24-43-37-46(28-27-42(43)36-45)57-55(58)56(4,5)8-3;;;;;;;;/h2,17-18,21-32,35-39H,6,8-9,11,13,15,19,33H2,1,3-5H3,(H,57,58);8*1H. The normalized spacial score (nSPS) is 10.8. The van der Waals surface area contributed by atoms with Crippen molar-refractivity contribution in [3.8, 4) is 81.8 Å². The highest BCUT2D eigenvalue weighted by molar-refractivity contribution is 6.22. The second kappa shape index (κ2) is 19.1. The van der Waals surface area contributed by atoms with E-state index in [1.165, 1.54) is 42.9 Å². The lowest BCUT2D eigenvalue weighted by atomic mass is 9.85. The number of hydrogen-bond donors (Lipinski definition) is 1. The fraction of sp³-hybridized carbons (Fsp3) is 0.232. The lowest BCUT2D eigenvalue weighted by Gasteiger charge is -2.21.